The highest BCUT2D eigenvalue weighted by Crippen LogP contribution is 1.34. The molecule has 0 bridgehead atoms. The van der Waals surface area contributed by atoms with Gasteiger partial charge in [0.1, 0.15) is 0 Å². The molecule has 0 amide bonds. The van der Waals surface area contributed by atoms with Crippen LogP contribution in [0.5, 0.6) is 0 Å². The molecule has 0 unspecified atom stereocenters. The van der Waals surface area contributed by atoms with Gasteiger partial charge in [-0.2, -0.15) is 0 Å². The molecule has 0 N–H and O–H groups in total. The minimum atomic E-state index is 0. The number of nitrogens with zero attached hydrogens (tertiary/aromatic N) is 1. The smallest absolute Gasteiger partial charge is 0.0903 e. The summed E-state index contributed by atoms with van der Waals surface area (Å²) in [4.78, 5) is 8.00. The lowest BCUT2D eigenvalue weighted by molar-refractivity contribution is -0.000000716. The Labute approximate surface area is 29.0 Å². The molecule has 0 saturated carbocycles. The van der Waals surface area contributed by atoms with E-state index in [0.29, 0.717) is 0 Å². The van der Waals surface area contributed by atoms with E-state index in [1.165, 1.54) is 0 Å². The van der Waals surface area contributed by atoms with E-state index in [0.717, 1.165) is 5.34 Å². The Hall–Kier alpha value is -0.310. The van der Waals surface area contributed by atoms with Crippen molar-refractivity contribution < 1.29 is 12.4 Å². The number of hydrogen-bond acceptors (Lipinski definition) is 3. The van der Waals surface area contributed by atoms with E-state index >= 15 is 0 Å². The predicted octanol–water partition coefficient (Wildman–Crippen LogP) is -0.285. The Morgan fingerprint density at radius 3 is 1.75 bits per heavy atom. The Bertz CT molecular complexity index is 13.5. The molecule has 26 valence electrons. The molecule has 0 heterocycles. The summed E-state index contributed by atoms with van der Waals surface area (Å²) in [6.45, 7) is 0. The first-order chi connectivity index (χ1) is 1.41. The van der Waals surface area contributed by atoms with E-state index in [9.17, 15) is 0 Å². The summed E-state index contributed by atoms with van der Waals surface area (Å²) in [5.41, 5.74) is 0. The van der Waals surface area contributed by atoms with Crippen LogP contribution in [-0.2, 0) is 0 Å². The highest BCUT2D eigenvalue weighted by molar-refractivity contribution is 4.21. The van der Waals surface area contributed by atoms with Gasteiger partial charge in [-0.25, -0.2) is 0 Å². The largest absolute Gasteiger partial charge is 0.444 e. The van der Waals surface area contributed by atoms with Crippen molar-refractivity contribution in [3.8, 4) is 0 Å². The van der Waals surface area contributed by atoms with E-state index in [1.54, 1.807) is 0 Å². The van der Waals surface area contributed by atoms with E-state index in [-0.39, 0.29) is 12.4 Å². The summed E-state index contributed by atoms with van der Waals surface area (Å²) in [5.74, 6) is 0. The van der Waals surface area contributed by atoms with Gasteiger partial charge in [0.2, 0.25) is 0 Å². The van der Waals surface area contributed by atoms with Crippen molar-refractivity contribution in [2.75, 3.05) is 0 Å². The average molecular weight is 83.5 g/mol. The number of rotatable bonds is 0. The molecule has 0 aliphatic heterocycles. The van der Waals surface area contributed by atoms with Crippen LogP contribution < -0.4 is 0 Å². The topological polar surface area (TPSA) is 52.5 Å². The van der Waals surface area contributed by atoms with Crippen LogP contribution in [0.1, 0.15) is 0 Å². The lowest BCUT2D eigenvalue weighted by atomic mass is 13.4. The SMILES string of the molecule is O=N[O-].[ClH2+]. The molecule has 0 saturated heterocycles. The molecular weight excluding hydrogens is 81.5 g/mol. The molecule has 0 aromatic carbocycles. The average Bonchev–Trinajstić information content (AvgIpc) is 0.918. The Balaban J connectivity index is 0. The maximum Gasteiger partial charge on any atom is 0.0903 e. The quantitative estimate of drug-likeness (QED) is 0.299. The molecule has 0 spiro atoms. The van der Waals surface area contributed by atoms with Gasteiger partial charge in [-0.3, -0.25) is 0 Å². The molecule has 0 aliphatic carbocycles. The summed E-state index contributed by atoms with van der Waals surface area (Å²) in [6, 6.07) is 0. The molecular formula is H2ClNO2. The van der Waals surface area contributed by atoms with E-state index < -0.39 is 0 Å². The Kier molecular flexibility index (Phi) is 37.7. The van der Waals surface area contributed by atoms with Gasteiger partial charge in [0.25, 0.3) is 0 Å². The fraction of sp³-hybridized carbons (Fsp3) is 0. The first kappa shape index (κ1) is 9.35. The highest BCUT2D eigenvalue weighted by Gasteiger charge is 0.958. The second-order valence-electron chi connectivity index (χ2n) is 0.0745. The fourth-order valence-corrected chi connectivity index (χ4v) is 0. The van der Waals surface area contributed by atoms with Gasteiger partial charge in [0, 0.05) is 0 Å². The highest BCUT2D eigenvalue weighted by atomic mass is 35.5. The normalized spacial score (nSPS) is 3.00. The van der Waals surface area contributed by atoms with Crippen LogP contribution in [-0.4, -0.2) is 0 Å². The van der Waals surface area contributed by atoms with Crippen molar-refractivity contribution in [3.63, 3.8) is 0 Å². The Morgan fingerprint density at radius 1 is 1.75 bits per heavy atom. The zero-order valence-corrected chi connectivity index (χ0v) is 2.61. The van der Waals surface area contributed by atoms with Crippen LogP contribution in [0.4, 0.5) is 0 Å². The maximum absolute atomic E-state index is 8.00. The van der Waals surface area contributed by atoms with Crippen LogP contribution in [0.2, 0.25) is 0 Å². The van der Waals surface area contributed by atoms with Gasteiger partial charge in [-0.15, -0.1) is 5.34 Å². The van der Waals surface area contributed by atoms with Gasteiger partial charge in [-0.1, -0.05) is 0 Å². The first-order valence-electron chi connectivity index (χ1n) is 0.365. The second-order valence-corrected chi connectivity index (χ2v) is 0.0745. The predicted molar refractivity (Wildman–Crippen MR) is 12.0 cm³/mol. The summed E-state index contributed by atoms with van der Waals surface area (Å²) in [5, 5.41) is 9.00. The van der Waals surface area contributed by atoms with Crippen molar-refractivity contribution in [1.82, 2.24) is 0 Å². The molecule has 4 heteroatoms. The summed E-state index contributed by atoms with van der Waals surface area (Å²) < 4.78 is 0. The standard InChI is InChI=1S/ClH2.HNO2/c;2-1-3/h1H2;(H,2,3)/q+1;/p-1. The van der Waals surface area contributed by atoms with Crippen molar-refractivity contribution in [2.45, 2.75) is 0 Å². The van der Waals surface area contributed by atoms with Gasteiger partial charge in [0.05, 0.1) is 12.4 Å². The monoisotopic (exact) mass is 83.0 g/mol. The van der Waals surface area contributed by atoms with Crippen LogP contribution in [0.25, 0.3) is 0 Å². The first-order valence-corrected chi connectivity index (χ1v) is 0.365. The molecule has 4 heavy (non-hydrogen) atoms. The Morgan fingerprint density at radius 2 is 1.75 bits per heavy atom. The second kappa shape index (κ2) is 16.1. The third-order valence-corrected chi connectivity index (χ3v) is 0. The molecule has 0 atom stereocenters. The van der Waals surface area contributed by atoms with Gasteiger partial charge in [0.15, 0.2) is 0 Å². The van der Waals surface area contributed by atoms with Crippen LogP contribution in [0, 0.1) is 22.5 Å². The summed E-state index contributed by atoms with van der Waals surface area (Å²) in [7, 11) is 0. The fourth-order valence-electron chi connectivity index (χ4n) is 0. The molecule has 0 fully saturated rings. The molecule has 0 aliphatic rings. The van der Waals surface area contributed by atoms with Gasteiger partial charge >= 0.3 is 0 Å². The van der Waals surface area contributed by atoms with Crippen molar-refractivity contribution in [1.29, 1.82) is 0 Å². The zero-order chi connectivity index (χ0) is 2.71. The molecule has 0 radical (unpaired) electrons. The molecule has 3 nitrogen and oxygen atoms in total. The lowest BCUT2D eigenvalue weighted by Gasteiger charge is -1.51. The molecule has 0 aromatic rings. The van der Waals surface area contributed by atoms with Crippen molar-refractivity contribution >= 4 is 0 Å². The lowest BCUT2D eigenvalue weighted by Crippen LogP contribution is -1.12. The van der Waals surface area contributed by atoms with Gasteiger partial charge < -0.3 is 10.1 Å². The van der Waals surface area contributed by atoms with Crippen LogP contribution >= 0.6 is 0 Å². The third kappa shape index (κ3) is 8.37. The maximum atomic E-state index is 8.00. The van der Waals surface area contributed by atoms with E-state index in [4.69, 9.17) is 10.1 Å². The summed E-state index contributed by atoms with van der Waals surface area (Å²) >= 11 is 0. The van der Waals surface area contributed by atoms with Gasteiger partial charge in [-0.05, 0) is 0 Å². The van der Waals surface area contributed by atoms with Crippen molar-refractivity contribution in [2.24, 2.45) is 5.34 Å². The third-order valence-electron chi connectivity index (χ3n) is 0. The minimum Gasteiger partial charge on any atom is -0.444 e. The zero-order valence-electron chi connectivity index (χ0n) is 1.71. The van der Waals surface area contributed by atoms with Crippen LogP contribution in [0.3, 0.4) is 0 Å². The van der Waals surface area contributed by atoms with E-state index in [2.05, 4.69) is 0 Å². The summed E-state index contributed by atoms with van der Waals surface area (Å²) in [6.07, 6.45) is 0. The molecule has 0 aromatic heterocycles. The minimum absolute atomic E-state index is 0. The van der Waals surface area contributed by atoms with Crippen LogP contribution in [0.15, 0.2) is 5.34 Å². The number of hydrogen-bond donors (Lipinski definition) is 0. The van der Waals surface area contributed by atoms with Crippen molar-refractivity contribution in [3.05, 3.63) is 10.1 Å². The molecule has 0 rings (SSSR count). The van der Waals surface area contributed by atoms with E-state index in [1.807, 2.05) is 0 Å². The number of halogens is 1.